The fourth-order valence-corrected chi connectivity index (χ4v) is 1.69. The molecule has 1 aromatic carbocycles. The molecule has 0 heterocycles. The van der Waals surface area contributed by atoms with Gasteiger partial charge in [0, 0.05) is 11.3 Å². The SMILES string of the molecule is Cl.NC(N)=NN=C1CCc2ccc(N)cc21. The fourth-order valence-electron chi connectivity index (χ4n) is 1.69. The maximum absolute atomic E-state index is 5.71. The van der Waals surface area contributed by atoms with Gasteiger partial charge in [0.05, 0.1) is 5.71 Å². The monoisotopic (exact) mass is 239 g/mol. The highest BCUT2D eigenvalue weighted by atomic mass is 35.5. The number of halogens is 1. The highest BCUT2D eigenvalue weighted by molar-refractivity contribution is 6.05. The summed E-state index contributed by atoms with van der Waals surface area (Å²) in [5, 5.41) is 7.66. The molecule has 0 unspecified atom stereocenters. The number of aryl methyl sites for hydroxylation is 1. The Bertz CT molecular complexity index is 449. The minimum Gasteiger partial charge on any atom is -0.399 e. The third kappa shape index (κ3) is 2.43. The van der Waals surface area contributed by atoms with Gasteiger partial charge in [-0.2, -0.15) is 5.10 Å². The molecule has 0 fully saturated rings. The molecular weight excluding hydrogens is 226 g/mol. The van der Waals surface area contributed by atoms with Crippen molar-refractivity contribution < 1.29 is 0 Å². The van der Waals surface area contributed by atoms with Crippen molar-refractivity contribution in [2.75, 3.05) is 5.73 Å². The van der Waals surface area contributed by atoms with E-state index in [2.05, 4.69) is 10.2 Å². The van der Waals surface area contributed by atoms with Crippen molar-refractivity contribution in [2.24, 2.45) is 21.7 Å². The van der Waals surface area contributed by atoms with Gasteiger partial charge >= 0.3 is 0 Å². The molecule has 1 aliphatic carbocycles. The van der Waals surface area contributed by atoms with E-state index in [0.29, 0.717) is 0 Å². The Labute approximate surface area is 99.8 Å². The van der Waals surface area contributed by atoms with Gasteiger partial charge in [-0.25, -0.2) is 0 Å². The fraction of sp³-hybridized carbons (Fsp3) is 0.200. The summed E-state index contributed by atoms with van der Waals surface area (Å²) in [6.45, 7) is 0. The first kappa shape index (κ1) is 12.3. The first-order chi connectivity index (χ1) is 7.16. The van der Waals surface area contributed by atoms with Gasteiger partial charge in [-0.1, -0.05) is 6.07 Å². The van der Waals surface area contributed by atoms with E-state index >= 15 is 0 Å². The zero-order valence-electron chi connectivity index (χ0n) is 8.68. The molecule has 0 aromatic heterocycles. The molecule has 6 N–H and O–H groups in total. The predicted molar refractivity (Wildman–Crippen MR) is 68.8 cm³/mol. The lowest BCUT2D eigenvalue weighted by atomic mass is 10.1. The number of rotatable bonds is 1. The molecule has 0 radical (unpaired) electrons. The molecule has 0 aliphatic heterocycles. The molecule has 5 nitrogen and oxygen atoms in total. The summed E-state index contributed by atoms with van der Waals surface area (Å²) in [7, 11) is 0. The van der Waals surface area contributed by atoms with Crippen LogP contribution in [0, 0.1) is 0 Å². The van der Waals surface area contributed by atoms with Gasteiger partial charge in [0.1, 0.15) is 0 Å². The Morgan fingerprint density at radius 2 is 1.94 bits per heavy atom. The second-order valence-corrected chi connectivity index (χ2v) is 3.49. The lowest BCUT2D eigenvalue weighted by Gasteiger charge is -2.00. The number of hydrogen-bond donors (Lipinski definition) is 3. The van der Waals surface area contributed by atoms with Crippen LogP contribution in [0.2, 0.25) is 0 Å². The Kier molecular flexibility index (Phi) is 3.73. The summed E-state index contributed by atoms with van der Waals surface area (Å²) >= 11 is 0. The van der Waals surface area contributed by atoms with E-state index in [1.807, 2.05) is 18.2 Å². The number of hydrogen-bond acceptors (Lipinski definition) is 3. The zero-order valence-corrected chi connectivity index (χ0v) is 9.50. The Hall–Kier alpha value is -1.75. The van der Waals surface area contributed by atoms with Crippen LogP contribution in [0.5, 0.6) is 0 Å². The van der Waals surface area contributed by atoms with E-state index in [9.17, 15) is 0 Å². The average molecular weight is 240 g/mol. The molecule has 0 bridgehead atoms. The molecule has 16 heavy (non-hydrogen) atoms. The maximum atomic E-state index is 5.71. The van der Waals surface area contributed by atoms with E-state index in [1.54, 1.807) is 0 Å². The van der Waals surface area contributed by atoms with Crippen LogP contribution in [0.3, 0.4) is 0 Å². The Morgan fingerprint density at radius 3 is 2.62 bits per heavy atom. The van der Waals surface area contributed by atoms with Gasteiger partial charge in [-0.05, 0) is 30.5 Å². The molecule has 0 spiro atoms. The number of nitrogen functional groups attached to an aromatic ring is 1. The lowest BCUT2D eigenvalue weighted by molar-refractivity contribution is 1.08. The van der Waals surface area contributed by atoms with Crippen molar-refractivity contribution in [3.63, 3.8) is 0 Å². The minimum absolute atomic E-state index is 0. The molecule has 1 aliphatic rings. The highest BCUT2D eigenvalue weighted by Crippen LogP contribution is 2.24. The first-order valence-electron chi connectivity index (χ1n) is 4.71. The van der Waals surface area contributed by atoms with E-state index in [4.69, 9.17) is 17.2 Å². The number of nitrogens with two attached hydrogens (primary N) is 3. The molecule has 1 aromatic rings. The Morgan fingerprint density at radius 1 is 1.19 bits per heavy atom. The van der Waals surface area contributed by atoms with Crippen LogP contribution in [-0.4, -0.2) is 11.7 Å². The molecule has 0 atom stereocenters. The standard InChI is InChI=1S/C10H13N5.ClH/c11-7-3-1-6-2-4-9(8(6)5-7)14-15-10(12)13;/h1,3,5H,2,4,11H2,(H4,12,13,15);1H. The molecule has 86 valence electrons. The number of guanidine groups is 1. The zero-order chi connectivity index (χ0) is 10.8. The number of nitrogens with zero attached hydrogens (tertiary/aromatic N) is 2. The number of anilines is 1. The summed E-state index contributed by atoms with van der Waals surface area (Å²) in [6.07, 6.45) is 1.82. The van der Waals surface area contributed by atoms with Crippen molar-refractivity contribution in [3.05, 3.63) is 29.3 Å². The predicted octanol–water partition coefficient (Wildman–Crippen LogP) is 0.614. The van der Waals surface area contributed by atoms with Crippen LogP contribution >= 0.6 is 12.4 Å². The van der Waals surface area contributed by atoms with Crippen LogP contribution < -0.4 is 17.2 Å². The second kappa shape index (κ2) is 4.85. The molecular formula is C10H14ClN5. The van der Waals surface area contributed by atoms with Crippen molar-refractivity contribution in [1.29, 1.82) is 0 Å². The molecule has 0 saturated heterocycles. The van der Waals surface area contributed by atoms with Gasteiger partial charge in [0.15, 0.2) is 0 Å². The van der Waals surface area contributed by atoms with E-state index in [-0.39, 0.29) is 18.4 Å². The van der Waals surface area contributed by atoms with Crippen LogP contribution in [0.25, 0.3) is 0 Å². The minimum atomic E-state index is -0.0279. The van der Waals surface area contributed by atoms with Gasteiger partial charge < -0.3 is 17.2 Å². The lowest BCUT2D eigenvalue weighted by Crippen LogP contribution is -2.22. The second-order valence-electron chi connectivity index (χ2n) is 3.49. The van der Waals surface area contributed by atoms with Crippen molar-refractivity contribution in [1.82, 2.24) is 0 Å². The van der Waals surface area contributed by atoms with E-state index in [0.717, 1.165) is 29.8 Å². The van der Waals surface area contributed by atoms with Crippen LogP contribution in [0.15, 0.2) is 28.4 Å². The van der Waals surface area contributed by atoms with Crippen molar-refractivity contribution in [3.8, 4) is 0 Å². The van der Waals surface area contributed by atoms with E-state index < -0.39 is 0 Å². The molecule has 6 heteroatoms. The summed E-state index contributed by atoms with van der Waals surface area (Å²) < 4.78 is 0. The van der Waals surface area contributed by atoms with Crippen LogP contribution in [0.1, 0.15) is 17.5 Å². The first-order valence-corrected chi connectivity index (χ1v) is 4.71. The molecule has 0 amide bonds. The van der Waals surface area contributed by atoms with Crippen LogP contribution in [-0.2, 0) is 6.42 Å². The van der Waals surface area contributed by atoms with Gasteiger partial charge in [-0.15, -0.1) is 17.5 Å². The quantitative estimate of drug-likeness (QED) is 0.290. The smallest absolute Gasteiger partial charge is 0.211 e. The highest BCUT2D eigenvalue weighted by Gasteiger charge is 2.17. The largest absolute Gasteiger partial charge is 0.399 e. The summed E-state index contributed by atoms with van der Waals surface area (Å²) in [6, 6.07) is 5.81. The summed E-state index contributed by atoms with van der Waals surface area (Å²) in [5.74, 6) is -0.0279. The topological polar surface area (TPSA) is 103 Å². The number of benzene rings is 1. The maximum Gasteiger partial charge on any atom is 0.211 e. The average Bonchev–Trinajstić information content (AvgIpc) is 2.57. The van der Waals surface area contributed by atoms with Gasteiger partial charge in [-0.3, -0.25) is 0 Å². The van der Waals surface area contributed by atoms with Crippen molar-refractivity contribution in [2.45, 2.75) is 12.8 Å². The van der Waals surface area contributed by atoms with Gasteiger partial charge in [0.25, 0.3) is 0 Å². The molecule has 2 rings (SSSR count). The number of fused-ring (bicyclic) bond motifs is 1. The van der Waals surface area contributed by atoms with E-state index in [1.165, 1.54) is 5.56 Å². The Balaban J connectivity index is 0.00000128. The summed E-state index contributed by atoms with van der Waals surface area (Å²) in [5.41, 5.74) is 20.1. The van der Waals surface area contributed by atoms with Gasteiger partial charge in [0.2, 0.25) is 5.96 Å². The van der Waals surface area contributed by atoms with Crippen molar-refractivity contribution >= 4 is 29.8 Å². The third-order valence-corrected chi connectivity index (χ3v) is 2.36. The van der Waals surface area contributed by atoms with Crippen LogP contribution in [0.4, 0.5) is 5.69 Å². The molecule has 0 saturated carbocycles. The third-order valence-electron chi connectivity index (χ3n) is 2.36. The normalized spacial score (nSPS) is 15.4. The summed E-state index contributed by atoms with van der Waals surface area (Å²) in [4.78, 5) is 0.